The second-order valence-corrected chi connectivity index (χ2v) is 22.0. The Balaban J connectivity index is 4.08. The zero-order valence-electron chi connectivity index (χ0n) is 51.0. The first-order chi connectivity index (χ1) is 38.0. The minimum Gasteiger partial charge on any atom is -0.462 e. The molecule has 0 aliphatic carbocycles. The molecule has 6 heteroatoms. The Morgan fingerprint density at radius 2 is 0.506 bits per heavy atom. The van der Waals surface area contributed by atoms with Crippen LogP contribution in [0, 0.1) is 0 Å². The SMILES string of the molecule is CC/C=C\C/C=C\C/C=C\C/C=C\C/C=C\CCCCCCCCCCCCCCCCCCCC(=O)OCC(COC(=O)CCCCCCCCCCC)OC(=O)CCCCCCCCC/C=C\C/C=C\CCCCC. The van der Waals surface area contributed by atoms with Gasteiger partial charge < -0.3 is 14.2 Å². The fourth-order valence-electron chi connectivity index (χ4n) is 9.44. The second kappa shape index (κ2) is 65.1. The Labute approximate surface area is 477 Å². The molecule has 0 saturated carbocycles. The van der Waals surface area contributed by atoms with Crippen molar-refractivity contribution in [2.24, 2.45) is 0 Å². The summed E-state index contributed by atoms with van der Waals surface area (Å²) in [7, 11) is 0. The molecule has 0 N–H and O–H groups in total. The molecule has 1 atom stereocenters. The largest absolute Gasteiger partial charge is 0.462 e. The molecular formula is C71H124O6. The molecule has 0 heterocycles. The highest BCUT2D eigenvalue weighted by atomic mass is 16.6. The maximum atomic E-state index is 12.9. The molecule has 0 aromatic rings. The van der Waals surface area contributed by atoms with E-state index < -0.39 is 6.10 Å². The zero-order chi connectivity index (χ0) is 55.7. The number of hydrogen-bond donors (Lipinski definition) is 0. The molecule has 444 valence electrons. The van der Waals surface area contributed by atoms with E-state index in [1.54, 1.807) is 0 Å². The third-order valence-electron chi connectivity index (χ3n) is 14.4. The standard InChI is InChI=1S/C71H124O6/c1-4-7-10-13-16-19-21-23-25-27-28-29-30-31-32-33-34-35-36-37-38-39-40-41-42-44-45-47-49-52-55-58-61-64-70(73)76-67-68(66-75-69(72)63-60-57-54-51-18-15-12-9-6-3)77-71(74)65-62-59-56-53-50-48-46-43-26-24-22-20-17-14-11-8-5-2/h7,10,16-17,19-20,23-26,28-29,31-32,68H,4-6,8-9,11-15,18,21-22,27,30,33-67H2,1-3H3/b10-7-,19-16-,20-17-,25-23-,26-24-,29-28-,32-31-. The third kappa shape index (κ3) is 63.3. The van der Waals surface area contributed by atoms with Crippen molar-refractivity contribution >= 4 is 17.9 Å². The third-order valence-corrected chi connectivity index (χ3v) is 14.4. The molecule has 0 fully saturated rings. The van der Waals surface area contributed by atoms with Crippen LogP contribution in [0.2, 0.25) is 0 Å². The van der Waals surface area contributed by atoms with Crippen molar-refractivity contribution in [1.29, 1.82) is 0 Å². The van der Waals surface area contributed by atoms with E-state index in [-0.39, 0.29) is 31.1 Å². The monoisotopic (exact) mass is 1070 g/mol. The Hall–Kier alpha value is -3.41. The van der Waals surface area contributed by atoms with E-state index in [2.05, 4.69) is 106 Å². The highest BCUT2D eigenvalue weighted by Gasteiger charge is 2.19. The Morgan fingerprint density at radius 1 is 0.273 bits per heavy atom. The van der Waals surface area contributed by atoms with Gasteiger partial charge in [-0.25, -0.2) is 0 Å². The van der Waals surface area contributed by atoms with E-state index in [0.717, 1.165) is 103 Å². The van der Waals surface area contributed by atoms with Gasteiger partial charge >= 0.3 is 17.9 Å². The average molecular weight is 1070 g/mol. The van der Waals surface area contributed by atoms with Gasteiger partial charge in [0.15, 0.2) is 6.10 Å². The molecule has 0 bridgehead atoms. The number of hydrogen-bond acceptors (Lipinski definition) is 6. The lowest BCUT2D eigenvalue weighted by molar-refractivity contribution is -0.167. The Kier molecular flexibility index (Phi) is 62.2. The summed E-state index contributed by atoms with van der Waals surface area (Å²) in [5.74, 6) is -0.871. The van der Waals surface area contributed by atoms with Crippen LogP contribution in [0.4, 0.5) is 0 Å². The summed E-state index contributed by atoms with van der Waals surface area (Å²) in [5, 5.41) is 0. The van der Waals surface area contributed by atoms with Gasteiger partial charge in [-0.05, 0) is 96.3 Å². The van der Waals surface area contributed by atoms with Crippen molar-refractivity contribution in [3.8, 4) is 0 Å². The number of unbranched alkanes of at least 4 members (excludes halogenated alkanes) is 35. The number of carbonyl (C=O) groups is 3. The van der Waals surface area contributed by atoms with Gasteiger partial charge in [0.05, 0.1) is 0 Å². The summed E-state index contributed by atoms with van der Waals surface area (Å²) in [5.41, 5.74) is 0. The predicted molar refractivity (Wildman–Crippen MR) is 334 cm³/mol. The van der Waals surface area contributed by atoms with Crippen molar-refractivity contribution in [3.05, 3.63) is 85.1 Å². The van der Waals surface area contributed by atoms with E-state index >= 15 is 0 Å². The molecule has 0 saturated heterocycles. The molecule has 0 spiro atoms. The van der Waals surface area contributed by atoms with Gasteiger partial charge in [-0.3, -0.25) is 14.4 Å². The summed E-state index contributed by atoms with van der Waals surface area (Å²) in [4.78, 5) is 38.2. The van der Waals surface area contributed by atoms with Crippen LogP contribution in [0.15, 0.2) is 85.1 Å². The zero-order valence-corrected chi connectivity index (χ0v) is 51.0. The topological polar surface area (TPSA) is 78.9 Å². The number of rotatable bonds is 60. The predicted octanol–water partition coefficient (Wildman–Crippen LogP) is 22.7. The fourth-order valence-corrected chi connectivity index (χ4v) is 9.44. The van der Waals surface area contributed by atoms with Gasteiger partial charge in [0.25, 0.3) is 0 Å². The van der Waals surface area contributed by atoms with Crippen LogP contribution in [0.25, 0.3) is 0 Å². The molecule has 0 amide bonds. The van der Waals surface area contributed by atoms with Crippen LogP contribution in [-0.2, 0) is 28.6 Å². The summed E-state index contributed by atoms with van der Waals surface area (Å²) >= 11 is 0. The van der Waals surface area contributed by atoms with Crippen LogP contribution in [-0.4, -0.2) is 37.2 Å². The quantitative estimate of drug-likeness (QED) is 0.0261. The van der Waals surface area contributed by atoms with Gasteiger partial charge in [0.2, 0.25) is 0 Å². The van der Waals surface area contributed by atoms with Gasteiger partial charge in [-0.15, -0.1) is 0 Å². The molecule has 1 unspecified atom stereocenters. The van der Waals surface area contributed by atoms with Crippen LogP contribution < -0.4 is 0 Å². The van der Waals surface area contributed by atoms with Gasteiger partial charge in [-0.1, -0.05) is 298 Å². The molecule has 0 aliphatic heterocycles. The number of ether oxygens (including phenoxy) is 3. The Morgan fingerprint density at radius 3 is 0.818 bits per heavy atom. The first-order valence-corrected chi connectivity index (χ1v) is 33.1. The summed E-state index contributed by atoms with van der Waals surface area (Å²) in [6.45, 7) is 6.51. The van der Waals surface area contributed by atoms with E-state index in [1.165, 1.54) is 186 Å². The van der Waals surface area contributed by atoms with Crippen molar-refractivity contribution < 1.29 is 28.6 Å². The number of carbonyl (C=O) groups excluding carboxylic acids is 3. The normalized spacial score (nSPS) is 12.6. The maximum Gasteiger partial charge on any atom is 0.306 e. The lowest BCUT2D eigenvalue weighted by Gasteiger charge is -2.18. The molecule has 0 radical (unpaired) electrons. The van der Waals surface area contributed by atoms with Crippen LogP contribution in [0.1, 0.15) is 329 Å². The molecule has 0 rings (SSSR count). The van der Waals surface area contributed by atoms with Gasteiger partial charge in [-0.2, -0.15) is 0 Å². The smallest absolute Gasteiger partial charge is 0.306 e. The van der Waals surface area contributed by atoms with Crippen LogP contribution in [0.5, 0.6) is 0 Å². The van der Waals surface area contributed by atoms with E-state index in [9.17, 15) is 14.4 Å². The second-order valence-electron chi connectivity index (χ2n) is 22.0. The van der Waals surface area contributed by atoms with E-state index in [1.807, 2.05) is 0 Å². The fraction of sp³-hybridized carbons (Fsp3) is 0.761. The molecule has 6 nitrogen and oxygen atoms in total. The first kappa shape index (κ1) is 73.6. The Bertz CT molecular complexity index is 1470. The van der Waals surface area contributed by atoms with Crippen LogP contribution >= 0.6 is 0 Å². The summed E-state index contributed by atoms with van der Waals surface area (Å²) in [6, 6.07) is 0. The average Bonchev–Trinajstić information content (AvgIpc) is 3.43. The molecule has 0 aliphatic rings. The number of allylic oxidation sites excluding steroid dienone is 14. The highest BCUT2D eigenvalue weighted by molar-refractivity contribution is 5.71. The van der Waals surface area contributed by atoms with Crippen LogP contribution in [0.3, 0.4) is 0 Å². The molecule has 0 aromatic carbocycles. The van der Waals surface area contributed by atoms with Crippen molar-refractivity contribution in [2.75, 3.05) is 13.2 Å². The van der Waals surface area contributed by atoms with Crippen molar-refractivity contribution in [2.45, 2.75) is 335 Å². The lowest BCUT2D eigenvalue weighted by atomic mass is 10.0. The minimum absolute atomic E-state index is 0.0749. The van der Waals surface area contributed by atoms with Crippen molar-refractivity contribution in [1.82, 2.24) is 0 Å². The number of esters is 3. The van der Waals surface area contributed by atoms with Gasteiger partial charge in [0.1, 0.15) is 13.2 Å². The summed E-state index contributed by atoms with van der Waals surface area (Å²) < 4.78 is 16.9. The van der Waals surface area contributed by atoms with E-state index in [0.29, 0.717) is 19.3 Å². The maximum absolute atomic E-state index is 12.9. The molecular weight excluding hydrogens is 949 g/mol. The van der Waals surface area contributed by atoms with Gasteiger partial charge in [0, 0.05) is 19.3 Å². The minimum atomic E-state index is -0.777. The van der Waals surface area contributed by atoms with Crippen molar-refractivity contribution in [3.63, 3.8) is 0 Å². The van der Waals surface area contributed by atoms with E-state index in [4.69, 9.17) is 14.2 Å². The lowest BCUT2D eigenvalue weighted by Crippen LogP contribution is -2.30. The first-order valence-electron chi connectivity index (χ1n) is 33.1. The summed E-state index contributed by atoms with van der Waals surface area (Å²) in [6.07, 6.45) is 86.1. The highest BCUT2D eigenvalue weighted by Crippen LogP contribution is 2.17. The molecule has 0 aromatic heterocycles. The molecule has 77 heavy (non-hydrogen) atoms.